The molecule has 0 spiro atoms. The Bertz CT molecular complexity index is 370. The number of methoxy groups -OCH3 is 1. The fourth-order valence-corrected chi connectivity index (χ4v) is 1.51. The monoisotopic (exact) mass is 275 g/mol. The third-order valence-corrected chi connectivity index (χ3v) is 2.47. The molecule has 0 aromatic heterocycles. The lowest BCUT2D eigenvalue weighted by atomic mass is 10.0. The van der Waals surface area contributed by atoms with Crippen molar-refractivity contribution in [3.63, 3.8) is 0 Å². The lowest BCUT2D eigenvalue weighted by Crippen LogP contribution is -2.17. The summed E-state index contributed by atoms with van der Waals surface area (Å²) >= 11 is 3.14. The maximum Gasteiger partial charge on any atom is 0.307 e. The van der Waals surface area contributed by atoms with Crippen LogP contribution in [0.4, 0.5) is 4.39 Å². The summed E-state index contributed by atoms with van der Waals surface area (Å²) < 4.78 is 18.5. The third kappa shape index (κ3) is 3.28. The number of benzene rings is 1. The number of halogens is 2. The van der Waals surface area contributed by atoms with Gasteiger partial charge in [-0.05, 0) is 12.1 Å². The minimum atomic E-state index is -0.675. The molecule has 0 heterocycles. The van der Waals surface area contributed by atoms with Crippen molar-refractivity contribution < 1.29 is 13.9 Å². The lowest BCUT2D eigenvalue weighted by molar-refractivity contribution is -0.141. The summed E-state index contributed by atoms with van der Waals surface area (Å²) in [6.45, 7) is 0. The fourth-order valence-electron chi connectivity index (χ4n) is 1.18. The second-order valence-electron chi connectivity index (χ2n) is 3.05. The van der Waals surface area contributed by atoms with Crippen LogP contribution in [0.15, 0.2) is 22.7 Å². The molecule has 0 aliphatic carbocycles. The van der Waals surface area contributed by atoms with Gasteiger partial charge >= 0.3 is 5.97 Å². The van der Waals surface area contributed by atoms with Gasteiger partial charge in [0, 0.05) is 16.1 Å². The van der Waals surface area contributed by atoms with Crippen molar-refractivity contribution in [2.24, 2.45) is 5.73 Å². The minimum Gasteiger partial charge on any atom is -0.469 e. The van der Waals surface area contributed by atoms with E-state index in [0.29, 0.717) is 10.0 Å². The summed E-state index contributed by atoms with van der Waals surface area (Å²) in [6.07, 6.45) is -0.0327. The molecule has 0 radical (unpaired) electrons. The molecule has 0 saturated carbocycles. The first kappa shape index (κ1) is 12.1. The molecule has 0 aliphatic rings. The van der Waals surface area contributed by atoms with Gasteiger partial charge in [-0.3, -0.25) is 4.79 Å². The number of ether oxygens (including phenoxy) is 1. The molecule has 2 N–H and O–H groups in total. The van der Waals surface area contributed by atoms with E-state index in [1.165, 1.54) is 13.2 Å². The van der Waals surface area contributed by atoms with Gasteiger partial charge in [0.1, 0.15) is 5.82 Å². The van der Waals surface area contributed by atoms with Crippen molar-refractivity contribution in [1.82, 2.24) is 0 Å². The summed E-state index contributed by atoms with van der Waals surface area (Å²) in [5.74, 6) is -0.884. The predicted octanol–water partition coefficient (Wildman–Crippen LogP) is 2.15. The van der Waals surface area contributed by atoms with E-state index in [-0.39, 0.29) is 6.42 Å². The molecule has 0 aliphatic heterocycles. The van der Waals surface area contributed by atoms with Gasteiger partial charge in [0.2, 0.25) is 0 Å². The van der Waals surface area contributed by atoms with Crippen LogP contribution in [0.25, 0.3) is 0 Å². The van der Waals surface area contributed by atoms with Gasteiger partial charge in [0.05, 0.1) is 13.5 Å². The zero-order chi connectivity index (χ0) is 11.4. The Labute approximate surface area is 95.5 Å². The van der Waals surface area contributed by atoms with E-state index in [9.17, 15) is 9.18 Å². The zero-order valence-electron chi connectivity index (χ0n) is 8.17. The van der Waals surface area contributed by atoms with E-state index in [1.54, 1.807) is 12.1 Å². The molecule has 0 saturated heterocycles. The average Bonchev–Trinajstić information content (AvgIpc) is 2.17. The van der Waals surface area contributed by atoms with Crippen molar-refractivity contribution >= 4 is 21.9 Å². The Hall–Kier alpha value is -0.940. The van der Waals surface area contributed by atoms with Crippen molar-refractivity contribution in [3.8, 4) is 0 Å². The maximum absolute atomic E-state index is 13.4. The summed E-state index contributed by atoms with van der Waals surface area (Å²) in [4.78, 5) is 10.9. The molecular formula is C10H11BrFNO2. The van der Waals surface area contributed by atoms with Gasteiger partial charge < -0.3 is 10.5 Å². The highest BCUT2D eigenvalue weighted by molar-refractivity contribution is 9.10. The average molecular weight is 276 g/mol. The Morgan fingerprint density at radius 3 is 2.87 bits per heavy atom. The summed E-state index contributed by atoms with van der Waals surface area (Å²) in [7, 11) is 1.27. The first-order chi connectivity index (χ1) is 7.04. The summed E-state index contributed by atoms with van der Waals surface area (Å²) in [5.41, 5.74) is 5.98. The number of carbonyl (C=O) groups excluding carboxylic acids is 1. The van der Waals surface area contributed by atoms with E-state index < -0.39 is 17.8 Å². The highest BCUT2D eigenvalue weighted by atomic mass is 79.9. The van der Waals surface area contributed by atoms with Crippen LogP contribution in [0.5, 0.6) is 0 Å². The molecular weight excluding hydrogens is 265 g/mol. The molecule has 0 amide bonds. The van der Waals surface area contributed by atoms with Crippen LogP contribution in [-0.2, 0) is 9.53 Å². The molecule has 0 fully saturated rings. The zero-order valence-corrected chi connectivity index (χ0v) is 9.75. The highest BCUT2D eigenvalue weighted by Gasteiger charge is 2.15. The van der Waals surface area contributed by atoms with Crippen LogP contribution in [0, 0.1) is 5.82 Å². The number of carbonyl (C=O) groups is 1. The number of esters is 1. The molecule has 82 valence electrons. The van der Waals surface area contributed by atoms with E-state index in [4.69, 9.17) is 5.73 Å². The van der Waals surface area contributed by atoms with Crippen molar-refractivity contribution in [2.75, 3.05) is 7.11 Å². The lowest BCUT2D eigenvalue weighted by Gasteiger charge is -2.11. The number of nitrogens with two attached hydrogens (primary N) is 1. The second-order valence-corrected chi connectivity index (χ2v) is 3.97. The summed E-state index contributed by atoms with van der Waals surface area (Å²) in [6, 6.07) is 3.86. The van der Waals surface area contributed by atoms with Crippen LogP contribution in [0.2, 0.25) is 0 Å². The molecule has 5 heteroatoms. The highest BCUT2D eigenvalue weighted by Crippen LogP contribution is 2.21. The SMILES string of the molecule is COC(=O)C[C@H](N)c1ccc(Br)cc1F. The van der Waals surface area contributed by atoms with Crippen LogP contribution in [-0.4, -0.2) is 13.1 Å². The third-order valence-electron chi connectivity index (χ3n) is 1.98. The first-order valence-electron chi connectivity index (χ1n) is 4.32. The van der Waals surface area contributed by atoms with Gasteiger partial charge in [-0.2, -0.15) is 0 Å². The topological polar surface area (TPSA) is 52.3 Å². The van der Waals surface area contributed by atoms with Crippen LogP contribution < -0.4 is 5.73 Å². The van der Waals surface area contributed by atoms with Crippen LogP contribution >= 0.6 is 15.9 Å². The Morgan fingerprint density at radius 1 is 1.67 bits per heavy atom. The van der Waals surface area contributed by atoms with Gasteiger partial charge in [-0.15, -0.1) is 0 Å². The molecule has 1 atom stereocenters. The Balaban J connectivity index is 2.82. The van der Waals surface area contributed by atoms with E-state index in [1.807, 2.05) is 0 Å². The molecule has 1 aromatic carbocycles. The predicted molar refractivity (Wildman–Crippen MR) is 57.7 cm³/mol. The van der Waals surface area contributed by atoms with E-state index >= 15 is 0 Å². The standard InChI is InChI=1S/C10H11BrFNO2/c1-15-10(14)5-9(13)7-3-2-6(11)4-8(7)12/h2-4,9H,5,13H2,1H3/t9-/m0/s1. The van der Waals surface area contributed by atoms with Crippen LogP contribution in [0.3, 0.4) is 0 Å². The van der Waals surface area contributed by atoms with E-state index in [2.05, 4.69) is 20.7 Å². The fraction of sp³-hybridized carbons (Fsp3) is 0.300. The first-order valence-corrected chi connectivity index (χ1v) is 5.11. The van der Waals surface area contributed by atoms with Crippen molar-refractivity contribution in [2.45, 2.75) is 12.5 Å². The molecule has 0 bridgehead atoms. The van der Waals surface area contributed by atoms with Gasteiger partial charge in [0.15, 0.2) is 0 Å². The smallest absolute Gasteiger partial charge is 0.307 e. The van der Waals surface area contributed by atoms with Crippen molar-refractivity contribution in [1.29, 1.82) is 0 Å². The Morgan fingerprint density at radius 2 is 2.33 bits per heavy atom. The second kappa shape index (κ2) is 5.23. The van der Waals surface area contributed by atoms with Gasteiger partial charge in [0.25, 0.3) is 0 Å². The van der Waals surface area contributed by atoms with Gasteiger partial charge in [-0.25, -0.2) is 4.39 Å². The molecule has 1 aromatic rings. The quantitative estimate of drug-likeness (QED) is 0.860. The molecule has 0 unspecified atom stereocenters. The summed E-state index contributed by atoms with van der Waals surface area (Å²) in [5, 5.41) is 0. The number of hydrogen-bond acceptors (Lipinski definition) is 3. The maximum atomic E-state index is 13.4. The molecule has 3 nitrogen and oxygen atoms in total. The normalized spacial score (nSPS) is 12.3. The van der Waals surface area contributed by atoms with Crippen molar-refractivity contribution in [3.05, 3.63) is 34.1 Å². The minimum absolute atomic E-state index is 0.0327. The van der Waals surface area contributed by atoms with E-state index in [0.717, 1.165) is 0 Å². The molecule has 15 heavy (non-hydrogen) atoms. The largest absolute Gasteiger partial charge is 0.469 e. The number of hydrogen-bond donors (Lipinski definition) is 1. The molecule has 1 rings (SSSR count). The number of rotatable bonds is 3. The Kier molecular flexibility index (Phi) is 4.23. The van der Waals surface area contributed by atoms with Crippen LogP contribution in [0.1, 0.15) is 18.0 Å². The van der Waals surface area contributed by atoms with Gasteiger partial charge in [-0.1, -0.05) is 22.0 Å².